The Balaban J connectivity index is 2.32. The first-order valence-electron chi connectivity index (χ1n) is 4.71. The lowest BCUT2D eigenvalue weighted by atomic mass is 10.3. The minimum atomic E-state index is -0.540. The van der Waals surface area contributed by atoms with Gasteiger partial charge in [0.2, 0.25) is 5.13 Å². The number of nitrogen functional groups attached to an aromatic ring is 1. The number of anilines is 1. The van der Waals surface area contributed by atoms with Crippen molar-refractivity contribution in [1.82, 2.24) is 19.7 Å². The van der Waals surface area contributed by atoms with Gasteiger partial charge in [0.1, 0.15) is 0 Å². The summed E-state index contributed by atoms with van der Waals surface area (Å²) in [7, 11) is 0. The molecule has 86 valence electrons. The number of aromatic amines is 2. The van der Waals surface area contributed by atoms with Gasteiger partial charge in [0.25, 0.3) is 0 Å². The van der Waals surface area contributed by atoms with Crippen molar-refractivity contribution in [3.63, 3.8) is 0 Å². The van der Waals surface area contributed by atoms with Gasteiger partial charge in [-0.1, -0.05) is 11.3 Å². The van der Waals surface area contributed by atoms with Crippen molar-refractivity contribution in [2.45, 2.75) is 0 Å². The minimum Gasteiger partial charge on any atom is -0.399 e. The zero-order valence-corrected chi connectivity index (χ0v) is 9.25. The molecule has 7 nitrogen and oxygen atoms in total. The van der Waals surface area contributed by atoms with E-state index in [1.54, 1.807) is 18.2 Å². The van der Waals surface area contributed by atoms with E-state index in [9.17, 15) is 9.59 Å². The Morgan fingerprint density at radius 1 is 1.24 bits per heavy atom. The third-order valence-corrected chi connectivity index (χ3v) is 3.28. The van der Waals surface area contributed by atoms with Gasteiger partial charge in [0.05, 0.1) is 10.2 Å². The monoisotopic (exact) mass is 249 g/mol. The molecule has 0 aliphatic rings. The number of thiazole rings is 1. The van der Waals surface area contributed by atoms with Crippen molar-refractivity contribution in [2.75, 3.05) is 5.73 Å². The fourth-order valence-electron chi connectivity index (χ4n) is 1.51. The molecule has 2 heterocycles. The van der Waals surface area contributed by atoms with Crippen LogP contribution >= 0.6 is 11.3 Å². The molecule has 17 heavy (non-hydrogen) atoms. The highest BCUT2D eigenvalue weighted by molar-refractivity contribution is 7.20. The average Bonchev–Trinajstić information content (AvgIpc) is 2.81. The lowest BCUT2D eigenvalue weighted by Gasteiger charge is -1.88. The molecule has 0 fully saturated rings. The van der Waals surface area contributed by atoms with Crippen molar-refractivity contribution >= 4 is 27.2 Å². The molecule has 0 spiro atoms. The molecule has 0 saturated carbocycles. The molecule has 8 heteroatoms. The van der Waals surface area contributed by atoms with Gasteiger partial charge in [-0.15, -0.1) is 0 Å². The van der Waals surface area contributed by atoms with Crippen LogP contribution < -0.4 is 17.1 Å². The second-order valence-electron chi connectivity index (χ2n) is 3.42. The van der Waals surface area contributed by atoms with Gasteiger partial charge in [0, 0.05) is 5.69 Å². The van der Waals surface area contributed by atoms with E-state index in [4.69, 9.17) is 5.73 Å². The van der Waals surface area contributed by atoms with E-state index in [1.807, 2.05) is 0 Å². The molecule has 0 saturated heterocycles. The smallest absolute Gasteiger partial charge is 0.350 e. The van der Waals surface area contributed by atoms with Crippen molar-refractivity contribution in [1.29, 1.82) is 0 Å². The first-order chi connectivity index (χ1) is 8.15. The summed E-state index contributed by atoms with van der Waals surface area (Å²) in [4.78, 5) is 27.0. The molecule has 0 unspecified atom stereocenters. The van der Waals surface area contributed by atoms with E-state index in [0.29, 0.717) is 16.3 Å². The molecule has 2 aromatic heterocycles. The third kappa shape index (κ3) is 1.46. The molecule has 0 amide bonds. The zero-order valence-electron chi connectivity index (χ0n) is 8.43. The maximum Gasteiger partial charge on any atom is 0.350 e. The summed E-state index contributed by atoms with van der Waals surface area (Å²) in [5.41, 5.74) is 5.88. The third-order valence-electron chi connectivity index (χ3n) is 2.28. The summed E-state index contributed by atoms with van der Waals surface area (Å²) >= 11 is 1.23. The second kappa shape index (κ2) is 3.32. The summed E-state index contributed by atoms with van der Waals surface area (Å²) < 4.78 is 1.77. The number of rotatable bonds is 1. The topological polar surface area (TPSA) is 110 Å². The summed E-state index contributed by atoms with van der Waals surface area (Å²) in [5.74, 6) is 0. The van der Waals surface area contributed by atoms with Crippen LogP contribution in [0.3, 0.4) is 0 Å². The average molecular weight is 249 g/mol. The largest absolute Gasteiger partial charge is 0.399 e. The highest BCUT2D eigenvalue weighted by Crippen LogP contribution is 2.25. The van der Waals surface area contributed by atoms with E-state index < -0.39 is 11.4 Å². The number of fused-ring (bicyclic) bond motifs is 1. The Hall–Kier alpha value is -2.35. The lowest BCUT2D eigenvalue weighted by molar-refractivity contribution is 0.941. The molecule has 0 aliphatic carbocycles. The Kier molecular flexibility index (Phi) is 1.92. The normalized spacial score (nSPS) is 11.1. The maximum absolute atomic E-state index is 11.4. The molecule has 3 aromatic rings. The van der Waals surface area contributed by atoms with Gasteiger partial charge in [-0.25, -0.2) is 24.8 Å². The second-order valence-corrected chi connectivity index (χ2v) is 4.43. The van der Waals surface area contributed by atoms with Crippen LogP contribution in [0.2, 0.25) is 0 Å². The van der Waals surface area contributed by atoms with E-state index in [1.165, 1.54) is 11.3 Å². The highest BCUT2D eigenvalue weighted by atomic mass is 32.1. The van der Waals surface area contributed by atoms with E-state index >= 15 is 0 Å². The molecule has 3 rings (SSSR count). The van der Waals surface area contributed by atoms with Crippen molar-refractivity contribution in [3.8, 4) is 5.13 Å². The SMILES string of the molecule is Nc1ccc2nc(-n3c(=O)[nH][nH]c3=O)sc2c1. The van der Waals surface area contributed by atoms with Gasteiger partial charge >= 0.3 is 11.4 Å². The van der Waals surface area contributed by atoms with Crippen LogP contribution in [0, 0.1) is 0 Å². The number of hydrogen-bond donors (Lipinski definition) is 3. The van der Waals surface area contributed by atoms with Crippen LogP contribution in [0.5, 0.6) is 0 Å². The van der Waals surface area contributed by atoms with Gasteiger partial charge in [-0.3, -0.25) is 0 Å². The number of aromatic nitrogens is 4. The summed E-state index contributed by atoms with van der Waals surface area (Å²) in [6.45, 7) is 0. The molecule has 0 radical (unpaired) electrons. The number of benzene rings is 1. The van der Waals surface area contributed by atoms with Gasteiger partial charge in [-0.2, -0.15) is 4.57 Å². The minimum absolute atomic E-state index is 0.318. The molecular formula is C9H7N5O2S. The van der Waals surface area contributed by atoms with Crippen LogP contribution in [-0.4, -0.2) is 19.7 Å². The van der Waals surface area contributed by atoms with Crippen molar-refractivity contribution in [3.05, 3.63) is 39.2 Å². The van der Waals surface area contributed by atoms with Gasteiger partial charge in [0.15, 0.2) is 0 Å². The molecule has 0 bridgehead atoms. The first-order valence-corrected chi connectivity index (χ1v) is 5.53. The first kappa shape index (κ1) is 9.85. The van der Waals surface area contributed by atoms with Gasteiger partial charge < -0.3 is 5.73 Å². The van der Waals surface area contributed by atoms with Gasteiger partial charge in [-0.05, 0) is 18.2 Å². The predicted molar refractivity (Wildman–Crippen MR) is 64.6 cm³/mol. The number of nitrogens with two attached hydrogens (primary N) is 1. The van der Waals surface area contributed by atoms with Crippen LogP contribution in [0.1, 0.15) is 0 Å². The maximum atomic E-state index is 11.4. The van der Waals surface area contributed by atoms with E-state index in [2.05, 4.69) is 15.2 Å². The van der Waals surface area contributed by atoms with Crippen LogP contribution in [-0.2, 0) is 0 Å². The standard InChI is InChI=1S/C9H7N5O2S/c10-4-1-2-5-6(3-4)17-9(11-5)14-7(15)12-13-8(14)16/h1-3H,10H2,(H,12,15)(H,13,16). The zero-order chi connectivity index (χ0) is 12.0. The summed E-state index contributed by atoms with van der Waals surface area (Å²) in [6.07, 6.45) is 0. The number of hydrogen-bond acceptors (Lipinski definition) is 5. The predicted octanol–water partition coefficient (Wildman–Crippen LogP) is 0.0458. The Morgan fingerprint density at radius 2 is 1.94 bits per heavy atom. The number of nitrogens with zero attached hydrogens (tertiary/aromatic N) is 2. The molecular weight excluding hydrogens is 242 g/mol. The van der Waals surface area contributed by atoms with Crippen LogP contribution in [0.4, 0.5) is 5.69 Å². The van der Waals surface area contributed by atoms with E-state index in [0.717, 1.165) is 9.27 Å². The quantitative estimate of drug-likeness (QED) is 0.529. The Morgan fingerprint density at radius 3 is 2.65 bits per heavy atom. The fourth-order valence-corrected chi connectivity index (χ4v) is 2.52. The molecule has 0 aliphatic heterocycles. The van der Waals surface area contributed by atoms with Crippen molar-refractivity contribution in [2.24, 2.45) is 0 Å². The number of H-pyrrole nitrogens is 2. The fraction of sp³-hybridized carbons (Fsp3) is 0. The highest BCUT2D eigenvalue weighted by Gasteiger charge is 2.11. The molecule has 1 aromatic carbocycles. The summed E-state index contributed by atoms with van der Waals surface area (Å²) in [5, 5.41) is 4.72. The lowest BCUT2D eigenvalue weighted by Crippen LogP contribution is -2.24. The van der Waals surface area contributed by atoms with E-state index in [-0.39, 0.29) is 0 Å². The molecule has 4 N–H and O–H groups in total. The summed E-state index contributed by atoms with van der Waals surface area (Å²) in [6, 6.07) is 5.22. The van der Waals surface area contributed by atoms with Crippen LogP contribution in [0.15, 0.2) is 27.8 Å². The molecule has 0 atom stereocenters. The van der Waals surface area contributed by atoms with Crippen LogP contribution in [0.25, 0.3) is 15.3 Å². The Bertz CT molecular complexity index is 781. The van der Waals surface area contributed by atoms with Crippen molar-refractivity contribution < 1.29 is 0 Å². The Labute approximate surface area is 97.5 Å². The number of nitrogens with one attached hydrogen (secondary N) is 2.